The van der Waals surface area contributed by atoms with E-state index in [0.29, 0.717) is 19.3 Å². The van der Waals surface area contributed by atoms with Gasteiger partial charge in [0.25, 0.3) is 0 Å². The molecule has 0 amide bonds. The number of allylic oxidation sites excluding steroid dienone is 10. The minimum atomic E-state index is -0.784. The second-order valence-electron chi connectivity index (χ2n) is 19.2. The molecule has 67 heavy (non-hydrogen) atoms. The SMILES string of the molecule is CCC/C=C\CCCCCCCC(=O)OCC(COC(=O)CCCCCCCCCC/C=C\C/C=C\C/C=C\CCCCCCC)OC(=O)CCCCCCC/C=C\CCCCCCCCC. The van der Waals surface area contributed by atoms with E-state index in [0.717, 1.165) is 103 Å². The maximum Gasteiger partial charge on any atom is 0.306 e. The molecule has 0 rings (SSSR count). The van der Waals surface area contributed by atoms with Gasteiger partial charge in [0.15, 0.2) is 6.10 Å². The average Bonchev–Trinajstić information content (AvgIpc) is 3.33. The number of hydrogen-bond donors (Lipinski definition) is 0. The highest BCUT2D eigenvalue weighted by molar-refractivity contribution is 5.71. The lowest BCUT2D eigenvalue weighted by molar-refractivity contribution is -0.167. The van der Waals surface area contributed by atoms with E-state index in [1.165, 1.54) is 148 Å². The Labute approximate surface area is 415 Å². The first-order valence-corrected chi connectivity index (χ1v) is 28.8. The van der Waals surface area contributed by atoms with Gasteiger partial charge < -0.3 is 14.2 Å². The van der Waals surface area contributed by atoms with E-state index in [2.05, 4.69) is 81.5 Å². The average molecular weight is 938 g/mol. The van der Waals surface area contributed by atoms with Gasteiger partial charge in [-0.3, -0.25) is 14.4 Å². The Morgan fingerprint density at radius 3 is 0.910 bits per heavy atom. The summed E-state index contributed by atoms with van der Waals surface area (Å²) in [5.41, 5.74) is 0. The van der Waals surface area contributed by atoms with Gasteiger partial charge in [-0.25, -0.2) is 0 Å². The van der Waals surface area contributed by atoms with E-state index in [-0.39, 0.29) is 31.1 Å². The summed E-state index contributed by atoms with van der Waals surface area (Å²) in [5, 5.41) is 0. The highest BCUT2D eigenvalue weighted by Crippen LogP contribution is 2.15. The van der Waals surface area contributed by atoms with Crippen LogP contribution in [0.25, 0.3) is 0 Å². The molecule has 0 heterocycles. The van der Waals surface area contributed by atoms with Gasteiger partial charge in [-0.15, -0.1) is 0 Å². The second kappa shape index (κ2) is 55.7. The molecule has 0 aromatic heterocycles. The molecular formula is C61H108O6. The van der Waals surface area contributed by atoms with E-state index in [9.17, 15) is 14.4 Å². The molecule has 0 aromatic carbocycles. The molecule has 0 spiro atoms. The maximum atomic E-state index is 12.8. The molecule has 388 valence electrons. The summed E-state index contributed by atoms with van der Waals surface area (Å²) in [5.74, 6) is -0.901. The molecule has 0 saturated heterocycles. The zero-order chi connectivity index (χ0) is 48.6. The van der Waals surface area contributed by atoms with Crippen LogP contribution in [0.15, 0.2) is 60.8 Å². The predicted octanol–water partition coefficient (Wildman–Crippen LogP) is 19.2. The van der Waals surface area contributed by atoms with Crippen molar-refractivity contribution in [2.75, 3.05) is 13.2 Å². The zero-order valence-corrected chi connectivity index (χ0v) is 44.4. The third-order valence-corrected chi connectivity index (χ3v) is 12.4. The largest absolute Gasteiger partial charge is 0.462 e. The van der Waals surface area contributed by atoms with Gasteiger partial charge in [-0.2, -0.15) is 0 Å². The molecule has 0 aliphatic carbocycles. The van der Waals surface area contributed by atoms with Crippen LogP contribution in [0.2, 0.25) is 0 Å². The van der Waals surface area contributed by atoms with Crippen LogP contribution in [0.3, 0.4) is 0 Å². The van der Waals surface area contributed by atoms with Crippen LogP contribution >= 0.6 is 0 Å². The summed E-state index contributed by atoms with van der Waals surface area (Å²) in [6, 6.07) is 0. The van der Waals surface area contributed by atoms with Crippen LogP contribution in [0.1, 0.15) is 290 Å². The van der Waals surface area contributed by atoms with Crippen LogP contribution < -0.4 is 0 Å². The van der Waals surface area contributed by atoms with Crippen molar-refractivity contribution in [2.24, 2.45) is 0 Å². The van der Waals surface area contributed by atoms with Gasteiger partial charge in [0, 0.05) is 19.3 Å². The van der Waals surface area contributed by atoms with Crippen molar-refractivity contribution in [1.82, 2.24) is 0 Å². The fraction of sp³-hybridized carbons (Fsp3) is 0.787. The van der Waals surface area contributed by atoms with Crippen molar-refractivity contribution in [1.29, 1.82) is 0 Å². The molecule has 0 aliphatic heterocycles. The van der Waals surface area contributed by atoms with Gasteiger partial charge in [-0.1, -0.05) is 229 Å². The van der Waals surface area contributed by atoms with Crippen molar-refractivity contribution >= 4 is 17.9 Å². The highest BCUT2D eigenvalue weighted by Gasteiger charge is 2.19. The van der Waals surface area contributed by atoms with E-state index in [1.807, 2.05) is 0 Å². The Hall–Kier alpha value is -2.89. The number of hydrogen-bond acceptors (Lipinski definition) is 6. The lowest BCUT2D eigenvalue weighted by Gasteiger charge is -2.18. The number of esters is 3. The first-order chi connectivity index (χ1) is 33.0. The number of carbonyl (C=O) groups excluding carboxylic acids is 3. The monoisotopic (exact) mass is 937 g/mol. The minimum absolute atomic E-state index is 0.0835. The standard InChI is InChI=1S/C61H108O6/c1-4-7-10-13-16-19-22-24-26-28-29-30-31-32-33-34-36-37-39-42-45-48-51-54-60(63)66-57-58(56-65-59(62)53-50-47-44-41-21-18-15-12-9-6-3)67-61(64)55-52-49-46-43-40-38-35-27-25-23-20-17-14-11-8-5-2/h12,15,22,24,27-29,31-32,35,58H,4-11,13-14,16-21,23,25-26,30,33-34,36-57H2,1-3H3/b15-12-,24-22-,29-28-,32-31-,35-27-. The first kappa shape index (κ1) is 64.1. The zero-order valence-electron chi connectivity index (χ0n) is 44.4. The van der Waals surface area contributed by atoms with E-state index in [4.69, 9.17) is 14.2 Å². The smallest absolute Gasteiger partial charge is 0.306 e. The fourth-order valence-electron chi connectivity index (χ4n) is 8.09. The Kier molecular flexibility index (Phi) is 53.3. The lowest BCUT2D eigenvalue weighted by atomic mass is 10.1. The third kappa shape index (κ3) is 53.9. The third-order valence-electron chi connectivity index (χ3n) is 12.4. The van der Waals surface area contributed by atoms with E-state index >= 15 is 0 Å². The topological polar surface area (TPSA) is 78.9 Å². The summed E-state index contributed by atoms with van der Waals surface area (Å²) in [7, 11) is 0. The number of ether oxygens (including phenoxy) is 3. The minimum Gasteiger partial charge on any atom is -0.462 e. The van der Waals surface area contributed by atoms with E-state index in [1.54, 1.807) is 0 Å². The molecule has 1 unspecified atom stereocenters. The molecule has 0 aromatic rings. The fourth-order valence-corrected chi connectivity index (χ4v) is 8.09. The van der Waals surface area contributed by atoms with Crippen LogP contribution in [-0.2, 0) is 28.6 Å². The lowest BCUT2D eigenvalue weighted by Crippen LogP contribution is -2.30. The summed E-state index contributed by atoms with van der Waals surface area (Å²) >= 11 is 0. The Morgan fingerprint density at radius 1 is 0.299 bits per heavy atom. The summed E-state index contributed by atoms with van der Waals surface area (Å²) in [4.78, 5) is 38.0. The van der Waals surface area contributed by atoms with Crippen molar-refractivity contribution in [3.05, 3.63) is 60.8 Å². The summed E-state index contributed by atoms with van der Waals surface area (Å²) < 4.78 is 16.8. The van der Waals surface area contributed by atoms with Crippen molar-refractivity contribution in [3.63, 3.8) is 0 Å². The molecule has 1 atom stereocenters. The number of unbranched alkanes of at least 4 members (excludes halogenated alkanes) is 31. The number of rotatable bonds is 52. The quantitative estimate of drug-likeness (QED) is 0.0262. The second-order valence-corrected chi connectivity index (χ2v) is 19.2. The van der Waals surface area contributed by atoms with Gasteiger partial charge in [-0.05, 0) is 103 Å². The molecule has 0 aliphatic rings. The predicted molar refractivity (Wildman–Crippen MR) is 288 cm³/mol. The van der Waals surface area contributed by atoms with Crippen molar-refractivity contribution in [2.45, 2.75) is 297 Å². The molecule has 0 fully saturated rings. The molecule has 6 nitrogen and oxygen atoms in total. The van der Waals surface area contributed by atoms with Crippen molar-refractivity contribution < 1.29 is 28.6 Å². The molecular weight excluding hydrogens is 829 g/mol. The first-order valence-electron chi connectivity index (χ1n) is 28.8. The summed E-state index contributed by atoms with van der Waals surface area (Å²) in [6.07, 6.45) is 69.3. The molecule has 0 N–H and O–H groups in total. The molecule has 0 saturated carbocycles. The van der Waals surface area contributed by atoms with Crippen LogP contribution in [0, 0.1) is 0 Å². The molecule has 0 radical (unpaired) electrons. The molecule has 0 bridgehead atoms. The van der Waals surface area contributed by atoms with E-state index < -0.39 is 6.10 Å². The van der Waals surface area contributed by atoms with Crippen LogP contribution in [0.5, 0.6) is 0 Å². The maximum absolute atomic E-state index is 12.8. The van der Waals surface area contributed by atoms with Gasteiger partial charge >= 0.3 is 17.9 Å². The highest BCUT2D eigenvalue weighted by atomic mass is 16.6. The molecule has 6 heteroatoms. The van der Waals surface area contributed by atoms with Crippen LogP contribution in [-0.4, -0.2) is 37.2 Å². The van der Waals surface area contributed by atoms with Crippen LogP contribution in [0.4, 0.5) is 0 Å². The number of carbonyl (C=O) groups is 3. The Morgan fingerprint density at radius 2 is 0.567 bits per heavy atom. The Bertz CT molecular complexity index is 1210. The van der Waals surface area contributed by atoms with Gasteiger partial charge in [0.1, 0.15) is 13.2 Å². The summed E-state index contributed by atoms with van der Waals surface area (Å²) in [6.45, 7) is 6.56. The van der Waals surface area contributed by atoms with Crippen molar-refractivity contribution in [3.8, 4) is 0 Å². The van der Waals surface area contributed by atoms with Gasteiger partial charge in [0.2, 0.25) is 0 Å². The Balaban J connectivity index is 4.30. The van der Waals surface area contributed by atoms with Gasteiger partial charge in [0.05, 0.1) is 0 Å². The normalized spacial score (nSPS) is 12.5.